The van der Waals surface area contributed by atoms with Gasteiger partial charge in [0.05, 0.1) is 6.61 Å². The van der Waals surface area contributed by atoms with Gasteiger partial charge in [0, 0.05) is 31.1 Å². The quantitative estimate of drug-likeness (QED) is 0.554. The number of aromatic nitrogens is 3. The smallest absolute Gasteiger partial charge is 0.160 e. The summed E-state index contributed by atoms with van der Waals surface area (Å²) >= 11 is 5.86. The zero-order valence-corrected chi connectivity index (χ0v) is 13.0. The molecule has 0 saturated heterocycles. The van der Waals surface area contributed by atoms with Gasteiger partial charge in [0.2, 0.25) is 0 Å². The number of unbranched alkanes of at least 4 members (excludes halogenated alkanes) is 1. The average molecular weight is 296 g/mol. The maximum Gasteiger partial charge on any atom is 0.160 e. The summed E-state index contributed by atoms with van der Waals surface area (Å²) in [7, 11) is 0. The molecule has 4 nitrogen and oxygen atoms in total. The standard InChI is InChI=1S/C15H22ClN3O/c1-3-4-10-20-11-9-19-14(7-8-16)18-13-6-5-12(2)17-15(13)19/h5-6H,3-4,7-11H2,1-2H3. The maximum atomic E-state index is 5.86. The maximum absolute atomic E-state index is 5.86. The van der Waals surface area contributed by atoms with Gasteiger partial charge >= 0.3 is 0 Å². The van der Waals surface area contributed by atoms with E-state index in [1.165, 1.54) is 0 Å². The fourth-order valence-corrected chi connectivity index (χ4v) is 2.33. The number of pyridine rings is 1. The lowest BCUT2D eigenvalue weighted by Crippen LogP contribution is -2.11. The molecule has 20 heavy (non-hydrogen) atoms. The number of halogens is 1. The minimum absolute atomic E-state index is 0.568. The van der Waals surface area contributed by atoms with Crippen LogP contribution in [0.1, 0.15) is 31.3 Å². The first-order valence-electron chi connectivity index (χ1n) is 7.22. The molecule has 0 aliphatic carbocycles. The lowest BCUT2D eigenvalue weighted by Gasteiger charge is -2.08. The molecule has 2 aromatic heterocycles. The second kappa shape index (κ2) is 7.60. The van der Waals surface area contributed by atoms with E-state index < -0.39 is 0 Å². The van der Waals surface area contributed by atoms with E-state index in [-0.39, 0.29) is 0 Å². The molecular weight excluding hydrogens is 274 g/mol. The molecule has 2 heterocycles. The van der Waals surface area contributed by atoms with Gasteiger partial charge in [0.25, 0.3) is 0 Å². The van der Waals surface area contributed by atoms with Crippen LogP contribution in [0.15, 0.2) is 12.1 Å². The van der Waals surface area contributed by atoms with Crippen molar-refractivity contribution in [3.63, 3.8) is 0 Å². The summed E-state index contributed by atoms with van der Waals surface area (Å²) in [6.45, 7) is 6.45. The molecule has 0 bridgehead atoms. The Balaban J connectivity index is 2.15. The second-order valence-corrected chi connectivity index (χ2v) is 5.26. The van der Waals surface area contributed by atoms with E-state index in [1.54, 1.807) is 0 Å². The van der Waals surface area contributed by atoms with E-state index in [0.29, 0.717) is 12.5 Å². The Morgan fingerprint density at radius 2 is 2.10 bits per heavy atom. The third-order valence-electron chi connectivity index (χ3n) is 3.23. The Hall–Kier alpha value is -1.13. The molecule has 2 rings (SSSR count). The largest absolute Gasteiger partial charge is 0.380 e. The zero-order valence-electron chi connectivity index (χ0n) is 12.2. The lowest BCUT2D eigenvalue weighted by atomic mass is 10.3. The van der Waals surface area contributed by atoms with Gasteiger partial charge < -0.3 is 9.30 Å². The van der Waals surface area contributed by atoms with Crippen molar-refractivity contribution in [2.75, 3.05) is 19.1 Å². The highest BCUT2D eigenvalue weighted by atomic mass is 35.5. The Morgan fingerprint density at radius 1 is 1.25 bits per heavy atom. The molecule has 2 aromatic rings. The number of fused-ring (bicyclic) bond motifs is 1. The van der Waals surface area contributed by atoms with Crippen LogP contribution in [0.25, 0.3) is 11.2 Å². The Bertz CT molecular complexity index is 553. The summed E-state index contributed by atoms with van der Waals surface area (Å²) in [4.78, 5) is 9.21. The summed E-state index contributed by atoms with van der Waals surface area (Å²) in [6.07, 6.45) is 3.02. The Labute approximate surface area is 125 Å². The summed E-state index contributed by atoms with van der Waals surface area (Å²) in [5.41, 5.74) is 2.87. The highest BCUT2D eigenvalue weighted by Gasteiger charge is 2.11. The van der Waals surface area contributed by atoms with Crippen molar-refractivity contribution >= 4 is 22.8 Å². The van der Waals surface area contributed by atoms with Crippen LogP contribution in [-0.4, -0.2) is 33.6 Å². The normalized spacial score (nSPS) is 11.3. The molecule has 0 amide bonds. The van der Waals surface area contributed by atoms with Crippen LogP contribution in [0, 0.1) is 6.92 Å². The summed E-state index contributed by atoms with van der Waals surface area (Å²) in [6, 6.07) is 4.01. The molecule has 110 valence electrons. The first-order chi connectivity index (χ1) is 9.76. The van der Waals surface area contributed by atoms with Gasteiger partial charge in [0.15, 0.2) is 5.65 Å². The summed E-state index contributed by atoms with van der Waals surface area (Å²) in [5.74, 6) is 1.56. The van der Waals surface area contributed by atoms with Crippen molar-refractivity contribution in [2.24, 2.45) is 0 Å². The Kier molecular flexibility index (Phi) is 5.80. The number of hydrogen-bond donors (Lipinski definition) is 0. The molecule has 0 saturated carbocycles. The van der Waals surface area contributed by atoms with Crippen molar-refractivity contribution in [1.82, 2.24) is 14.5 Å². The molecule has 0 aliphatic rings. The predicted octanol–water partition coefficient (Wildman–Crippen LogP) is 3.34. The van der Waals surface area contributed by atoms with Gasteiger partial charge in [-0.15, -0.1) is 11.6 Å². The van der Waals surface area contributed by atoms with Crippen LogP contribution >= 0.6 is 11.6 Å². The number of rotatable bonds is 8. The Morgan fingerprint density at radius 3 is 2.85 bits per heavy atom. The number of aryl methyl sites for hydroxylation is 2. The van der Waals surface area contributed by atoms with Gasteiger partial charge in [-0.1, -0.05) is 13.3 Å². The minimum Gasteiger partial charge on any atom is -0.380 e. The molecule has 0 aliphatic heterocycles. The number of nitrogens with zero attached hydrogens (tertiary/aromatic N) is 3. The first kappa shape index (κ1) is 15.3. The molecular formula is C15H22ClN3O. The van der Waals surface area contributed by atoms with E-state index in [0.717, 1.165) is 55.1 Å². The van der Waals surface area contributed by atoms with Crippen molar-refractivity contribution in [2.45, 2.75) is 39.7 Å². The van der Waals surface area contributed by atoms with E-state index in [4.69, 9.17) is 16.3 Å². The molecule has 0 N–H and O–H groups in total. The van der Waals surface area contributed by atoms with E-state index in [9.17, 15) is 0 Å². The van der Waals surface area contributed by atoms with Crippen LogP contribution in [-0.2, 0) is 17.7 Å². The van der Waals surface area contributed by atoms with Crippen molar-refractivity contribution < 1.29 is 4.74 Å². The minimum atomic E-state index is 0.568. The van der Waals surface area contributed by atoms with Crippen LogP contribution in [0.3, 0.4) is 0 Å². The fourth-order valence-electron chi connectivity index (χ4n) is 2.16. The molecule has 0 unspecified atom stereocenters. The van der Waals surface area contributed by atoms with Crippen LogP contribution < -0.4 is 0 Å². The van der Waals surface area contributed by atoms with Crippen LogP contribution in [0.4, 0.5) is 0 Å². The van der Waals surface area contributed by atoms with E-state index >= 15 is 0 Å². The summed E-state index contributed by atoms with van der Waals surface area (Å²) < 4.78 is 7.79. The predicted molar refractivity (Wildman–Crippen MR) is 82.4 cm³/mol. The molecule has 0 fully saturated rings. The summed E-state index contributed by atoms with van der Waals surface area (Å²) in [5, 5.41) is 0. The van der Waals surface area contributed by atoms with Crippen molar-refractivity contribution in [1.29, 1.82) is 0 Å². The number of hydrogen-bond acceptors (Lipinski definition) is 3. The topological polar surface area (TPSA) is 39.9 Å². The monoisotopic (exact) mass is 295 g/mol. The van der Waals surface area contributed by atoms with Crippen molar-refractivity contribution in [3.05, 3.63) is 23.7 Å². The molecule has 0 spiro atoms. The highest BCUT2D eigenvalue weighted by Crippen LogP contribution is 2.15. The highest BCUT2D eigenvalue weighted by molar-refractivity contribution is 6.17. The number of imidazole rings is 1. The third-order valence-corrected chi connectivity index (χ3v) is 3.42. The number of ether oxygens (including phenoxy) is 1. The van der Waals surface area contributed by atoms with Gasteiger partial charge in [-0.3, -0.25) is 0 Å². The fraction of sp³-hybridized carbons (Fsp3) is 0.600. The number of alkyl halides is 1. The lowest BCUT2D eigenvalue weighted by molar-refractivity contribution is 0.123. The van der Waals surface area contributed by atoms with E-state index in [1.807, 2.05) is 19.1 Å². The van der Waals surface area contributed by atoms with Gasteiger partial charge in [-0.25, -0.2) is 9.97 Å². The molecule has 5 heteroatoms. The van der Waals surface area contributed by atoms with E-state index in [2.05, 4.69) is 21.5 Å². The second-order valence-electron chi connectivity index (χ2n) is 4.88. The van der Waals surface area contributed by atoms with Gasteiger partial charge in [-0.2, -0.15) is 0 Å². The molecule has 0 atom stereocenters. The van der Waals surface area contributed by atoms with Gasteiger partial charge in [-0.05, 0) is 25.5 Å². The SMILES string of the molecule is CCCCOCCn1c(CCCl)nc2ccc(C)nc21. The molecule has 0 aromatic carbocycles. The average Bonchev–Trinajstić information content (AvgIpc) is 2.76. The van der Waals surface area contributed by atoms with Crippen LogP contribution in [0.5, 0.6) is 0 Å². The van der Waals surface area contributed by atoms with Crippen LogP contribution in [0.2, 0.25) is 0 Å². The third kappa shape index (κ3) is 3.70. The van der Waals surface area contributed by atoms with Gasteiger partial charge in [0.1, 0.15) is 11.3 Å². The first-order valence-corrected chi connectivity index (χ1v) is 7.76. The zero-order chi connectivity index (χ0) is 14.4. The van der Waals surface area contributed by atoms with Crippen molar-refractivity contribution in [3.8, 4) is 0 Å². The molecule has 0 radical (unpaired) electrons.